The van der Waals surface area contributed by atoms with Gasteiger partial charge in [-0.25, -0.2) is 4.98 Å². The number of hydrogen-bond donors (Lipinski definition) is 2. The molecule has 0 saturated heterocycles. The van der Waals surface area contributed by atoms with E-state index in [1.54, 1.807) is 0 Å². The van der Waals surface area contributed by atoms with Crippen LogP contribution in [0.2, 0.25) is 0 Å². The summed E-state index contributed by atoms with van der Waals surface area (Å²) in [7, 11) is 0. The summed E-state index contributed by atoms with van der Waals surface area (Å²) in [6.07, 6.45) is 3.82. The van der Waals surface area contributed by atoms with Gasteiger partial charge >= 0.3 is 0 Å². The molecular weight excluding hydrogens is 296 g/mol. The molecule has 0 radical (unpaired) electrons. The van der Waals surface area contributed by atoms with E-state index in [1.165, 1.54) is 11.8 Å². The van der Waals surface area contributed by atoms with Crippen LogP contribution in [0.4, 0.5) is 0 Å². The van der Waals surface area contributed by atoms with Gasteiger partial charge in [-0.1, -0.05) is 48.2 Å². The lowest BCUT2D eigenvalue weighted by molar-refractivity contribution is -0.119. The summed E-state index contributed by atoms with van der Waals surface area (Å²) in [5.74, 6) is 0.947. The Morgan fingerprint density at radius 1 is 1.27 bits per heavy atom. The molecule has 1 aromatic heterocycles. The zero-order valence-corrected chi connectivity index (χ0v) is 13.8. The number of benzene rings is 1. The second-order valence-corrected chi connectivity index (χ2v) is 6.78. The van der Waals surface area contributed by atoms with E-state index in [2.05, 4.69) is 20.5 Å². The van der Waals surface area contributed by atoms with Crippen molar-refractivity contribution in [1.82, 2.24) is 20.5 Å². The number of amides is 1. The molecule has 0 unspecified atom stereocenters. The van der Waals surface area contributed by atoms with Crippen molar-refractivity contribution in [3.63, 3.8) is 0 Å². The summed E-state index contributed by atoms with van der Waals surface area (Å²) in [5.41, 5.74) is 0.873. The van der Waals surface area contributed by atoms with E-state index in [1.807, 2.05) is 63.3 Å². The summed E-state index contributed by atoms with van der Waals surface area (Å²) in [6.45, 7) is 5.86. The van der Waals surface area contributed by atoms with Crippen LogP contribution in [-0.4, -0.2) is 32.4 Å². The van der Waals surface area contributed by atoms with Crippen LogP contribution in [0.3, 0.4) is 0 Å². The average Bonchev–Trinajstić information content (AvgIpc) is 2.90. The molecule has 0 atom stereocenters. The van der Waals surface area contributed by atoms with Crippen LogP contribution in [0.25, 0.3) is 12.2 Å². The van der Waals surface area contributed by atoms with E-state index in [9.17, 15) is 4.79 Å². The molecule has 0 fully saturated rings. The molecule has 0 aliphatic heterocycles. The Hall–Kier alpha value is -2.08. The average molecular weight is 316 g/mol. The van der Waals surface area contributed by atoms with Gasteiger partial charge in [-0.05, 0) is 32.4 Å². The first-order chi connectivity index (χ1) is 10.4. The van der Waals surface area contributed by atoms with Crippen LogP contribution in [0.15, 0.2) is 35.5 Å². The first-order valence-electron chi connectivity index (χ1n) is 7.02. The first-order valence-corrected chi connectivity index (χ1v) is 8.00. The zero-order valence-electron chi connectivity index (χ0n) is 13.0. The Bertz CT molecular complexity index is 644. The van der Waals surface area contributed by atoms with E-state index < -0.39 is 0 Å². The molecule has 6 heteroatoms. The Morgan fingerprint density at radius 2 is 2.00 bits per heavy atom. The Balaban J connectivity index is 1.87. The smallest absolute Gasteiger partial charge is 0.230 e. The lowest BCUT2D eigenvalue weighted by atomic mass is 10.1. The van der Waals surface area contributed by atoms with Gasteiger partial charge in [-0.3, -0.25) is 9.89 Å². The molecule has 2 N–H and O–H groups in total. The van der Waals surface area contributed by atoms with Crippen molar-refractivity contribution in [3.8, 4) is 0 Å². The minimum absolute atomic E-state index is 0.0244. The van der Waals surface area contributed by atoms with Crippen LogP contribution in [0, 0.1) is 0 Å². The van der Waals surface area contributed by atoms with Crippen molar-refractivity contribution in [1.29, 1.82) is 0 Å². The molecular formula is C16H20N4OS. The third kappa shape index (κ3) is 5.73. The van der Waals surface area contributed by atoms with Crippen LogP contribution in [0.5, 0.6) is 0 Å². The molecule has 1 amide bonds. The molecule has 0 saturated carbocycles. The fourth-order valence-corrected chi connectivity index (χ4v) is 2.33. The number of carbonyl (C=O) groups is 1. The van der Waals surface area contributed by atoms with E-state index in [-0.39, 0.29) is 11.4 Å². The third-order valence-electron chi connectivity index (χ3n) is 2.56. The first kappa shape index (κ1) is 16.3. The van der Waals surface area contributed by atoms with Crippen molar-refractivity contribution in [2.24, 2.45) is 0 Å². The van der Waals surface area contributed by atoms with Crippen molar-refractivity contribution in [2.45, 2.75) is 31.5 Å². The highest BCUT2D eigenvalue weighted by Gasteiger charge is 2.14. The van der Waals surface area contributed by atoms with Crippen molar-refractivity contribution >= 4 is 29.8 Å². The van der Waals surface area contributed by atoms with Gasteiger partial charge in [0.25, 0.3) is 0 Å². The number of hydrogen-bond acceptors (Lipinski definition) is 4. The topological polar surface area (TPSA) is 70.7 Å². The van der Waals surface area contributed by atoms with Crippen LogP contribution >= 0.6 is 11.8 Å². The van der Waals surface area contributed by atoms with Gasteiger partial charge in [0.05, 0.1) is 5.75 Å². The molecule has 2 aromatic rings. The molecule has 0 spiro atoms. The highest BCUT2D eigenvalue weighted by molar-refractivity contribution is 7.99. The number of H-pyrrole nitrogens is 1. The maximum atomic E-state index is 11.7. The maximum absolute atomic E-state index is 11.7. The van der Waals surface area contributed by atoms with Crippen LogP contribution in [0.1, 0.15) is 32.2 Å². The van der Waals surface area contributed by atoms with Crippen molar-refractivity contribution in [2.75, 3.05) is 5.75 Å². The highest BCUT2D eigenvalue weighted by Crippen LogP contribution is 2.13. The van der Waals surface area contributed by atoms with Gasteiger partial charge in [0.1, 0.15) is 5.82 Å². The van der Waals surface area contributed by atoms with Crippen LogP contribution < -0.4 is 5.32 Å². The standard InChI is InChI=1S/C16H20N4OS/c1-16(2,3)18-14(21)11-22-15-17-13(19-20-15)10-9-12-7-5-4-6-8-12/h4-10H,11H2,1-3H3,(H,18,21)(H,17,19,20)/b10-9+. The quantitative estimate of drug-likeness (QED) is 0.832. The third-order valence-corrected chi connectivity index (χ3v) is 3.41. The van der Waals surface area contributed by atoms with E-state index >= 15 is 0 Å². The van der Waals surface area contributed by atoms with E-state index in [0.717, 1.165) is 5.56 Å². The van der Waals surface area contributed by atoms with E-state index in [4.69, 9.17) is 0 Å². The predicted octanol–water partition coefficient (Wildman–Crippen LogP) is 2.98. The summed E-state index contributed by atoms with van der Waals surface area (Å²) in [5, 5.41) is 10.4. The molecule has 5 nitrogen and oxygen atoms in total. The zero-order chi connectivity index (χ0) is 16.0. The molecule has 1 heterocycles. The number of aromatic nitrogens is 3. The van der Waals surface area contributed by atoms with E-state index in [0.29, 0.717) is 16.7 Å². The number of nitrogens with one attached hydrogen (secondary N) is 2. The maximum Gasteiger partial charge on any atom is 0.230 e. The van der Waals surface area contributed by atoms with Crippen molar-refractivity contribution in [3.05, 3.63) is 41.7 Å². The van der Waals surface area contributed by atoms with Crippen LogP contribution in [-0.2, 0) is 4.79 Å². The second-order valence-electron chi connectivity index (χ2n) is 5.83. The van der Waals surface area contributed by atoms with Crippen molar-refractivity contribution < 1.29 is 4.79 Å². The lowest BCUT2D eigenvalue weighted by Crippen LogP contribution is -2.41. The van der Waals surface area contributed by atoms with Gasteiger partial charge in [0.15, 0.2) is 0 Å². The molecule has 116 valence electrons. The highest BCUT2D eigenvalue weighted by atomic mass is 32.2. The minimum Gasteiger partial charge on any atom is -0.351 e. The number of rotatable bonds is 5. The lowest BCUT2D eigenvalue weighted by Gasteiger charge is -2.19. The normalized spacial score (nSPS) is 11.8. The van der Waals surface area contributed by atoms with Gasteiger partial charge < -0.3 is 5.32 Å². The molecule has 0 bridgehead atoms. The fourth-order valence-electron chi connectivity index (χ4n) is 1.72. The number of nitrogens with zero attached hydrogens (tertiary/aromatic N) is 2. The Labute approximate surface area is 134 Å². The van der Waals surface area contributed by atoms with Gasteiger partial charge in [0, 0.05) is 5.54 Å². The second kappa shape index (κ2) is 7.26. The van der Waals surface area contributed by atoms with Gasteiger partial charge in [0.2, 0.25) is 11.1 Å². The molecule has 2 rings (SSSR count). The summed E-state index contributed by atoms with van der Waals surface area (Å²) in [4.78, 5) is 16.1. The largest absolute Gasteiger partial charge is 0.351 e. The summed E-state index contributed by atoms with van der Waals surface area (Å²) in [6, 6.07) is 9.96. The molecule has 22 heavy (non-hydrogen) atoms. The molecule has 0 aliphatic carbocycles. The van der Waals surface area contributed by atoms with Gasteiger partial charge in [-0.15, -0.1) is 5.10 Å². The monoisotopic (exact) mass is 316 g/mol. The summed E-state index contributed by atoms with van der Waals surface area (Å²) < 4.78 is 0. The molecule has 1 aromatic carbocycles. The minimum atomic E-state index is -0.222. The SMILES string of the molecule is CC(C)(C)NC(=O)CSc1n[nH]c(/C=C/c2ccccc2)n1. The molecule has 0 aliphatic rings. The Morgan fingerprint density at radius 3 is 2.68 bits per heavy atom. The fraction of sp³-hybridized carbons (Fsp3) is 0.312. The number of thioether (sulfide) groups is 1. The number of carbonyl (C=O) groups excluding carboxylic acids is 1. The summed E-state index contributed by atoms with van der Waals surface area (Å²) >= 11 is 1.31. The number of aromatic amines is 1. The Kier molecular flexibility index (Phi) is 5.38. The predicted molar refractivity (Wildman–Crippen MR) is 90.4 cm³/mol. The van der Waals surface area contributed by atoms with Gasteiger partial charge in [-0.2, -0.15) is 0 Å².